The monoisotopic (exact) mass is 610 g/mol. The van der Waals surface area contributed by atoms with E-state index >= 15 is 8.78 Å². The van der Waals surface area contributed by atoms with Crippen LogP contribution in [0.15, 0.2) is 41.4 Å². The number of benzene rings is 2. The highest BCUT2D eigenvalue weighted by atomic mass is 19.3. The molecule has 2 aromatic carbocycles. The summed E-state index contributed by atoms with van der Waals surface area (Å²) >= 11 is 0. The van der Waals surface area contributed by atoms with Gasteiger partial charge in [-0.15, -0.1) is 0 Å². The molecule has 6 aliphatic heterocycles. The van der Waals surface area contributed by atoms with Gasteiger partial charge in [-0.25, -0.2) is 8.78 Å². The molecule has 6 atom stereocenters. The Morgan fingerprint density at radius 1 is 0.956 bits per heavy atom. The van der Waals surface area contributed by atoms with E-state index in [1.807, 2.05) is 12.1 Å². The Morgan fingerprint density at radius 2 is 1.78 bits per heavy atom. The van der Waals surface area contributed by atoms with Crippen LogP contribution in [-0.2, 0) is 11.8 Å². The largest absolute Gasteiger partial charge is 0.508 e. The fraction of sp³-hybridized carbons (Fsp3) is 0.605. The predicted octanol–water partition coefficient (Wildman–Crippen LogP) is 8.06. The second-order valence-electron chi connectivity index (χ2n) is 15.7. The number of piperidine rings is 2. The zero-order valence-electron chi connectivity index (χ0n) is 26.6. The highest BCUT2D eigenvalue weighted by Gasteiger charge is 2.67. The van der Waals surface area contributed by atoms with Gasteiger partial charge in [0.25, 0.3) is 5.92 Å². The van der Waals surface area contributed by atoms with Crippen LogP contribution in [0, 0.1) is 10.8 Å². The van der Waals surface area contributed by atoms with Gasteiger partial charge in [-0.05, 0) is 114 Å². The van der Waals surface area contributed by atoms with Gasteiger partial charge >= 0.3 is 0 Å². The van der Waals surface area contributed by atoms with Gasteiger partial charge in [0.05, 0.1) is 28.6 Å². The van der Waals surface area contributed by atoms with Crippen LogP contribution < -0.4 is 0 Å². The molecular weight excluding hydrogens is 566 g/mol. The molecular formula is C38H44F2N4O. The molecule has 3 aromatic rings. The van der Waals surface area contributed by atoms with E-state index in [-0.39, 0.29) is 22.9 Å². The molecule has 3 saturated heterocycles. The van der Waals surface area contributed by atoms with Crippen molar-refractivity contribution in [3.8, 4) is 5.75 Å². The molecule has 236 valence electrons. The van der Waals surface area contributed by atoms with Crippen LogP contribution in [0.2, 0.25) is 0 Å². The molecule has 7 heterocycles. The summed E-state index contributed by atoms with van der Waals surface area (Å²) in [7, 11) is 0. The summed E-state index contributed by atoms with van der Waals surface area (Å²) < 4.78 is 35.2. The Labute approximate surface area is 264 Å². The van der Waals surface area contributed by atoms with E-state index in [2.05, 4.69) is 45.6 Å². The molecule has 5 nitrogen and oxygen atoms in total. The van der Waals surface area contributed by atoms with E-state index in [0.29, 0.717) is 24.6 Å². The number of aromatic nitrogens is 1. The lowest BCUT2D eigenvalue weighted by Crippen LogP contribution is -2.61. The number of fused-ring (bicyclic) bond motifs is 4. The predicted molar refractivity (Wildman–Crippen MR) is 173 cm³/mol. The lowest BCUT2D eigenvalue weighted by atomic mass is 9.52. The lowest BCUT2D eigenvalue weighted by Gasteiger charge is -2.58. The van der Waals surface area contributed by atoms with Gasteiger partial charge in [0, 0.05) is 46.0 Å². The van der Waals surface area contributed by atoms with Crippen molar-refractivity contribution in [2.45, 2.75) is 108 Å². The van der Waals surface area contributed by atoms with Gasteiger partial charge < -0.3 is 9.67 Å². The number of phenols is 1. The molecule has 1 aromatic heterocycles. The van der Waals surface area contributed by atoms with Crippen molar-refractivity contribution in [3.05, 3.63) is 58.8 Å². The quantitative estimate of drug-likeness (QED) is 0.326. The Hall–Kier alpha value is -2.77. The highest BCUT2D eigenvalue weighted by molar-refractivity contribution is 6.05. The fourth-order valence-electron chi connectivity index (χ4n) is 12.6. The number of nitrogens with zero attached hydrogens (tertiary/aromatic N) is 4. The summed E-state index contributed by atoms with van der Waals surface area (Å²) in [5.41, 5.74) is 6.54. The van der Waals surface area contributed by atoms with Gasteiger partial charge in [-0.2, -0.15) is 0 Å². The number of aliphatic imine (C=N–C) groups is 1. The Morgan fingerprint density at radius 3 is 2.62 bits per heavy atom. The molecule has 45 heavy (non-hydrogen) atoms. The number of aromatic hydroxyl groups is 1. The smallest absolute Gasteiger partial charge is 0.252 e. The van der Waals surface area contributed by atoms with Crippen LogP contribution in [0.1, 0.15) is 106 Å². The van der Waals surface area contributed by atoms with E-state index < -0.39 is 11.3 Å². The first-order valence-corrected chi connectivity index (χ1v) is 17.7. The number of alkyl halides is 2. The Bertz CT molecular complexity index is 1810. The lowest BCUT2D eigenvalue weighted by molar-refractivity contribution is -0.186. The molecule has 1 aliphatic carbocycles. The zero-order chi connectivity index (χ0) is 30.5. The maximum absolute atomic E-state index is 16.4. The second-order valence-corrected chi connectivity index (χ2v) is 15.7. The molecule has 6 unspecified atom stereocenters. The van der Waals surface area contributed by atoms with Crippen molar-refractivity contribution in [2.24, 2.45) is 15.8 Å². The minimum absolute atomic E-state index is 0.242. The first-order valence-electron chi connectivity index (χ1n) is 17.7. The number of hydrogen-bond acceptors (Lipinski definition) is 4. The summed E-state index contributed by atoms with van der Waals surface area (Å²) in [6, 6.07) is 12.3. The van der Waals surface area contributed by atoms with Crippen LogP contribution in [0.4, 0.5) is 14.5 Å². The minimum Gasteiger partial charge on any atom is -0.508 e. The highest BCUT2D eigenvalue weighted by Crippen LogP contribution is 2.68. The van der Waals surface area contributed by atoms with Gasteiger partial charge in [0.2, 0.25) is 0 Å². The van der Waals surface area contributed by atoms with Crippen molar-refractivity contribution in [2.75, 3.05) is 26.2 Å². The molecule has 1 saturated carbocycles. The van der Waals surface area contributed by atoms with Gasteiger partial charge in [-0.1, -0.05) is 31.2 Å². The van der Waals surface area contributed by atoms with E-state index in [0.717, 1.165) is 92.7 Å². The third-order valence-corrected chi connectivity index (χ3v) is 14.3. The van der Waals surface area contributed by atoms with Gasteiger partial charge in [-0.3, -0.25) is 14.8 Å². The Balaban J connectivity index is 1.24. The summed E-state index contributed by atoms with van der Waals surface area (Å²) in [5, 5.41) is 13.0. The van der Waals surface area contributed by atoms with Crippen LogP contribution in [0.3, 0.4) is 0 Å². The number of phenolic OH excluding ortho intramolecular Hbond substituents is 1. The SMILES string of the molecule is CCC12CCCN3CCC4(C(=Nc5c(C6CC7(C(C)(F)F)CCCN8CCc9c(n6c6ccccc96)C87)ccc(O)c54)CC1)C32. The van der Waals surface area contributed by atoms with E-state index in [1.165, 1.54) is 36.4 Å². The molecule has 1 N–H and O–H groups in total. The minimum atomic E-state index is -2.83. The van der Waals surface area contributed by atoms with Crippen LogP contribution in [0.25, 0.3) is 10.9 Å². The third kappa shape index (κ3) is 3.09. The molecule has 0 amide bonds. The average Bonchev–Trinajstić information content (AvgIpc) is 3.71. The molecule has 4 fully saturated rings. The molecule has 1 spiro atoms. The molecule has 0 bridgehead atoms. The standard InChI is InChI=1S/C38H44F2N4O/c1-3-36-14-6-19-43-21-17-38(34(36)43)29(12-16-36)41-31-25(10-11-28(45)30(31)38)27-22-37(35(2,39)40)15-7-18-42-20-13-24-23-8-4-5-9-26(23)44(27)32(24)33(37)42/h4-5,8-11,27,33-34,45H,3,6-7,12-22H2,1-2H3. The van der Waals surface area contributed by atoms with Crippen molar-refractivity contribution >= 4 is 22.3 Å². The maximum atomic E-state index is 16.4. The van der Waals surface area contributed by atoms with E-state index in [1.54, 1.807) is 0 Å². The third-order valence-electron chi connectivity index (χ3n) is 14.3. The summed E-state index contributed by atoms with van der Waals surface area (Å²) in [5.74, 6) is -2.49. The first kappa shape index (κ1) is 27.4. The fourth-order valence-corrected chi connectivity index (χ4v) is 12.6. The summed E-state index contributed by atoms with van der Waals surface area (Å²) in [4.78, 5) is 10.6. The summed E-state index contributed by atoms with van der Waals surface area (Å²) in [6.45, 7) is 7.44. The summed E-state index contributed by atoms with van der Waals surface area (Å²) in [6.07, 6.45) is 9.35. The topological polar surface area (TPSA) is 44.0 Å². The zero-order valence-corrected chi connectivity index (χ0v) is 26.6. The number of rotatable bonds is 3. The van der Waals surface area contributed by atoms with Gasteiger partial charge in [0.1, 0.15) is 5.75 Å². The number of para-hydroxylation sites is 1. The van der Waals surface area contributed by atoms with Crippen LogP contribution in [0.5, 0.6) is 5.75 Å². The van der Waals surface area contributed by atoms with E-state index in [4.69, 9.17) is 4.99 Å². The molecule has 10 rings (SSSR count). The Kier molecular flexibility index (Phi) is 5.33. The number of halogens is 2. The maximum Gasteiger partial charge on any atom is 0.252 e. The molecule has 7 heteroatoms. The molecule has 0 radical (unpaired) electrons. The van der Waals surface area contributed by atoms with Crippen molar-refractivity contribution < 1.29 is 13.9 Å². The normalized spacial score (nSPS) is 36.8. The van der Waals surface area contributed by atoms with Crippen LogP contribution in [-0.4, -0.2) is 63.3 Å². The molecule has 7 aliphatic rings. The number of hydrogen-bond donors (Lipinski definition) is 1. The van der Waals surface area contributed by atoms with Gasteiger partial charge in [0.15, 0.2) is 0 Å². The van der Waals surface area contributed by atoms with Crippen LogP contribution >= 0.6 is 0 Å². The van der Waals surface area contributed by atoms with E-state index in [9.17, 15) is 5.11 Å². The van der Waals surface area contributed by atoms with Crippen molar-refractivity contribution in [1.29, 1.82) is 0 Å². The average molecular weight is 611 g/mol. The second kappa shape index (κ2) is 8.77. The van der Waals surface area contributed by atoms with Crippen molar-refractivity contribution in [3.63, 3.8) is 0 Å². The van der Waals surface area contributed by atoms with Crippen molar-refractivity contribution in [1.82, 2.24) is 14.4 Å². The first-order chi connectivity index (χ1) is 21.7.